The van der Waals surface area contributed by atoms with Crippen LogP contribution in [0.1, 0.15) is 63.4 Å². The fourth-order valence-corrected chi connectivity index (χ4v) is 5.52. The monoisotopic (exact) mass is 456 g/mol. The summed E-state index contributed by atoms with van der Waals surface area (Å²) in [6.45, 7) is 1.38. The van der Waals surface area contributed by atoms with Crippen LogP contribution in [0.3, 0.4) is 0 Å². The van der Waals surface area contributed by atoms with E-state index in [1.165, 1.54) is 11.3 Å². The number of nitrogens with zero attached hydrogens (tertiary/aromatic N) is 2. The zero-order valence-electron chi connectivity index (χ0n) is 19.8. The molecule has 2 heterocycles. The van der Waals surface area contributed by atoms with Crippen LogP contribution in [0.2, 0.25) is 0 Å². The summed E-state index contributed by atoms with van der Waals surface area (Å²) in [5, 5.41) is 9.76. The third-order valence-corrected chi connectivity index (χ3v) is 7.30. The predicted molar refractivity (Wildman–Crippen MR) is 126 cm³/mol. The highest BCUT2D eigenvalue weighted by Crippen LogP contribution is 2.39. The highest BCUT2D eigenvalue weighted by atomic mass is 16.5. The zero-order chi connectivity index (χ0) is 23.4. The number of amides is 2. The lowest BCUT2D eigenvalue weighted by Gasteiger charge is -2.35. The number of aliphatic hydroxyl groups excluding tert-OH is 1. The van der Waals surface area contributed by atoms with Crippen LogP contribution >= 0.6 is 0 Å². The number of methoxy groups -OCH3 is 2. The van der Waals surface area contributed by atoms with Crippen LogP contribution in [0.5, 0.6) is 11.5 Å². The molecule has 2 fully saturated rings. The number of hydrogen-bond donors (Lipinski definition) is 1. The number of aliphatic hydroxyl groups is 1. The van der Waals surface area contributed by atoms with Crippen molar-refractivity contribution in [1.29, 1.82) is 0 Å². The Hall–Kier alpha value is -2.54. The first-order valence-corrected chi connectivity index (χ1v) is 12.3. The van der Waals surface area contributed by atoms with Crippen molar-refractivity contribution in [2.24, 2.45) is 5.92 Å². The maximum Gasteiger partial charge on any atom is 0.278 e. The number of likely N-dealkylation sites (tertiary alicyclic amines) is 1. The van der Waals surface area contributed by atoms with Crippen LogP contribution < -0.4 is 9.47 Å². The molecule has 4 rings (SSSR count). The molecule has 0 bridgehead atoms. The van der Waals surface area contributed by atoms with Crippen molar-refractivity contribution in [3.8, 4) is 11.5 Å². The Morgan fingerprint density at radius 2 is 1.61 bits per heavy atom. The molecule has 7 nitrogen and oxygen atoms in total. The fourth-order valence-electron chi connectivity index (χ4n) is 5.52. The summed E-state index contributed by atoms with van der Waals surface area (Å²) in [5.41, 5.74) is 1.59. The van der Waals surface area contributed by atoms with Gasteiger partial charge in [-0.05, 0) is 49.3 Å². The molecule has 3 aliphatic rings. The Balaban J connectivity index is 1.76. The van der Waals surface area contributed by atoms with Crippen molar-refractivity contribution in [1.82, 2.24) is 9.80 Å². The molecule has 180 valence electrons. The van der Waals surface area contributed by atoms with Crippen LogP contribution in [0.4, 0.5) is 0 Å². The van der Waals surface area contributed by atoms with E-state index in [2.05, 4.69) is 0 Å². The Kier molecular flexibility index (Phi) is 7.58. The van der Waals surface area contributed by atoms with Crippen LogP contribution in [-0.4, -0.2) is 66.7 Å². The SMILES string of the molecule is COc1ccc(C2=C(N3CCCC(CO)C3)C(=O)N(C3CCCCCCC3)C2=O)cc1OC. The molecular weight excluding hydrogens is 420 g/mol. The fraction of sp³-hybridized carbons (Fsp3) is 0.615. The van der Waals surface area contributed by atoms with Crippen molar-refractivity contribution in [3.05, 3.63) is 29.5 Å². The van der Waals surface area contributed by atoms with Crippen molar-refractivity contribution in [2.75, 3.05) is 33.9 Å². The number of ether oxygens (including phenoxy) is 2. The first kappa shape index (κ1) is 23.6. The second-order valence-corrected chi connectivity index (χ2v) is 9.41. The van der Waals surface area contributed by atoms with Crippen LogP contribution in [-0.2, 0) is 9.59 Å². The molecule has 7 heteroatoms. The summed E-state index contributed by atoms with van der Waals surface area (Å²) < 4.78 is 10.9. The molecule has 1 saturated carbocycles. The van der Waals surface area contributed by atoms with Gasteiger partial charge in [0.15, 0.2) is 11.5 Å². The van der Waals surface area contributed by atoms with E-state index in [1.807, 2.05) is 11.0 Å². The molecule has 1 aromatic carbocycles. The highest BCUT2D eigenvalue weighted by molar-refractivity contribution is 6.35. The van der Waals surface area contributed by atoms with E-state index in [1.54, 1.807) is 26.4 Å². The zero-order valence-corrected chi connectivity index (χ0v) is 19.8. The van der Waals surface area contributed by atoms with Gasteiger partial charge in [-0.25, -0.2) is 0 Å². The van der Waals surface area contributed by atoms with E-state index in [0.717, 1.165) is 51.4 Å². The van der Waals surface area contributed by atoms with Gasteiger partial charge >= 0.3 is 0 Å². The average Bonchev–Trinajstić information content (AvgIpc) is 3.08. The molecule has 0 aromatic heterocycles. The largest absolute Gasteiger partial charge is 0.493 e. The van der Waals surface area contributed by atoms with Gasteiger partial charge in [0.25, 0.3) is 11.8 Å². The number of benzene rings is 1. The normalized spacial score (nSPS) is 23.1. The minimum Gasteiger partial charge on any atom is -0.493 e. The number of rotatable bonds is 6. The molecule has 2 amide bonds. The van der Waals surface area contributed by atoms with Gasteiger partial charge in [0.05, 0.1) is 19.8 Å². The lowest BCUT2D eigenvalue weighted by atomic mass is 9.95. The van der Waals surface area contributed by atoms with Crippen molar-refractivity contribution < 1.29 is 24.2 Å². The summed E-state index contributed by atoms with van der Waals surface area (Å²) in [5.74, 6) is 0.817. The van der Waals surface area contributed by atoms with Gasteiger partial charge < -0.3 is 19.5 Å². The van der Waals surface area contributed by atoms with Crippen molar-refractivity contribution in [3.63, 3.8) is 0 Å². The number of carbonyl (C=O) groups is 2. The second-order valence-electron chi connectivity index (χ2n) is 9.41. The summed E-state index contributed by atoms with van der Waals surface area (Å²) in [7, 11) is 3.14. The Morgan fingerprint density at radius 3 is 2.27 bits per heavy atom. The molecular formula is C26H36N2O5. The number of hydrogen-bond acceptors (Lipinski definition) is 6. The molecule has 33 heavy (non-hydrogen) atoms. The molecule has 1 N–H and O–H groups in total. The van der Waals surface area contributed by atoms with E-state index in [-0.39, 0.29) is 30.4 Å². The minimum absolute atomic E-state index is 0.0589. The lowest BCUT2D eigenvalue weighted by Crippen LogP contribution is -2.44. The summed E-state index contributed by atoms with van der Waals surface area (Å²) in [6, 6.07) is 5.34. The van der Waals surface area contributed by atoms with Crippen LogP contribution in [0.15, 0.2) is 23.9 Å². The predicted octanol–water partition coefficient (Wildman–Crippen LogP) is 3.60. The molecule has 0 spiro atoms. The van der Waals surface area contributed by atoms with Gasteiger partial charge in [0.1, 0.15) is 5.70 Å². The van der Waals surface area contributed by atoms with Gasteiger partial charge in [-0.2, -0.15) is 0 Å². The summed E-state index contributed by atoms with van der Waals surface area (Å²) in [6.07, 6.45) is 9.16. The van der Waals surface area contributed by atoms with Gasteiger partial charge in [0, 0.05) is 25.7 Å². The number of carbonyl (C=O) groups excluding carboxylic acids is 2. The van der Waals surface area contributed by atoms with Gasteiger partial charge in [-0.15, -0.1) is 0 Å². The van der Waals surface area contributed by atoms with Crippen molar-refractivity contribution in [2.45, 2.75) is 63.8 Å². The average molecular weight is 457 g/mol. The van der Waals surface area contributed by atoms with Crippen molar-refractivity contribution >= 4 is 17.4 Å². The number of imide groups is 1. The Bertz CT molecular complexity index is 904. The third-order valence-electron chi connectivity index (χ3n) is 7.30. The second kappa shape index (κ2) is 10.6. The van der Waals surface area contributed by atoms with Gasteiger partial charge in [-0.3, -0.25) is 14.5 Å². The van der Waals surface area contributed by atoms with Crippen LogP contribution in [0, 0.1) is 5.92 Å². The topological polar surface area (TPSA) is 79.3 Å². The van der Waals surface area contributed by atoms with Gasteiger partial charge in [0.2, 0.25) is 0 Å². The molecule has 1 aromatic rings. The standard InChI is InChI=1S/C26H36N2O5/c1-32-21-13-12-19(15-22(21)33-2)23-24(27-14-8-9-18(16-27)17-29)26(31)28(25(23)30)20-10-6-4-3-5-7-11-20/h12-13,15,18,20,29H,3-11,14,16-17H2,1-2H3. The Labute approximate surface area is 196 Å². The summed E-state index contributed by atoms with van der Waals surface area (Å²) >= 11 is 0. The third kappa shape index (κ3) is 4.74. The Morgan fingerprint density at radius 1 is 0.909 bits per heavy atom. The molecule has 0 radical (unpaired) electrons. The number of piperidine rings is 1. The molecule has 2 aliphatic heterocycles. The molecule has 1 unspecified atom stereocenters. The highest BCUT2D eigenvalue weighted by Gasteiger charge is 2.45. The lowest BCUT2D eigenvalue weighted by molar-refractivity contribution is -0.140. The molecule has 1 saturated heterocycles. The first-order valence-electron chi connectivity index (χ1n) is 12.3. The van der Waals surface area contributed by atoms with E-state index in [9.17, 15) is 14.7 Å². The van der Waals surface area contributed by atoms with Gasteiger partial charge in [-0.1, -0.05) is 38.2 Å². The minimum atomic E-state index is -0.209. The maximum atomic E-state index is 13.9. The first-order chi connectivity index (χ1) is 16.1. The van der Waals surface area contributed by atoms with E-state index in [4.69, 9.17) is 9.47 Å². The van der Waals surface area contributed by atoms with E-state index < -0.39 is 0 Å². The summed E-state index contributed by atoms with van der Waals surface area (Å²) in [4.78, 5) is 31.3. The molecule has 1 aliphatic carbocycles. The van der Waals surface area contributed by atoms with E-state index >= 15 is 0 Å². The van der Waals surface area contributed by atoms with Crippen LogP contribution in [0.25, 0.3) is 5.57 Å². The maximum absolute atomic E-state index is 13.9. The van der Waals surface area contributed by atoms with E-state index in [0.29, 0.717) is 41.4 Å². The quantitative estimate of drug-likeness (QED) is 0.659. The molecule has 1 atom stereocenters. The smallest absolute Gasteiger partial charge is 0.278 e.